The molecule has 0 aromatic heterocycles. The van der Waals surface area contributed by atoms with E-state index in [0.717, 1.165) is 19.6 Å². The maximum Gasteiger partial charge on any atom is 0.0558 e. The molecular weight excluding hydrogens is 164 g/mol. The highest BCUT2D eigenvalue weighted by Gasteiger charge is 2.21. The molecule has 0 aliphatic carbocycles. The van der Waals surface area contributed by atoms with E-state index < -0.39 is 0 Å². The van der Waals surface area contributed by atoms with Crippen molar-refractivity contribution < 1.29 is 5.11 Å². The summed E-state index contributed by atoms with van der Waals surface area (Å²) in [5, 5.41) is 8.91. The van der Waals surface area contributed by atoms with Crippen LogP contribution in [-0.2, 0) is 0 Å². The monoisotopic (exact) mass is 186 g/mol. The Morgan fingerprint density at radius 3 is 2.85 bits per heavy atom. The Balaban J connectivity index is 2.37. The zero-order valence-corrected chi connectivity index (χ0v) is 8.87. The third kappa shape index (κ3) is 3.25. The lowest BCUT2D eigenvalue weighted by molar-refractivity contribution is 0.0975. The van der Waals surface area contributed by atoms with Gasteiger partial charge in [-0.15, -0.1) is 0 Å². The lowest BCUT2D eigenvalue weighted by atomic mass is 10.0. The summed E-state index contributed by atoms with van der Waals surface area (Å²) in [6, 6.07) is 0.663. The largest absolute Gasteiger partial charge is 0.395 e. The quantitative estimate of drug-likeness (QED) is 0.688. The van der Waals surface area contributed by atoms with Gasteiger partial charge in [0.25, 0.3) is 0 Å². The topological polar surface area (TPSA) is 26.7 Å². The molecule has 13 heavy (non-hydrogen) atoms. The summed E-state index contributed by atoms with van der Waals surface area (Å²) in [4.78, 5) is 4.77. The smallest absolute Gasteiger partial charge is 0.0558 e. The Hall–Kier alpha value is -0.120. The Labute approximate surface area is 81.3 Å². The molecule has 0 aromatic rings. The van der Waals surface area contributed by atoms with Crippen LogP contribution in [0.25, 0.3) is 0 Å². The van der Waals surface area contributed by atoms with E-state index in [1.54, 1.807) is 0 Å². The first-order valence-corrected chi connectivity index (χ1v) is 5.31. The fraction of sp³-hybridized carbons (Fsp3) is 1.00. The van der Waals surface area contributed by atoms with E-state index in [9.17, 15) is 0 Å². The average molecular weight is 186 g/mol. The number of likely N-dealkylation sites (tertiary alicyclic amines) is 1. The van der Waals surface area contributed by atoms with Gasteiger partial charge in [0, 0.05) is 19.1 Å². The van der Waals surface area contributed by atoms with Crippen molar-refractivity contribution in [2.24, 2.45) is 0 Å². The Morgan fingerprint density at radius 2 is 2.31 bits per heavy atom. The van der Waals surface area contributed by atoms with Gasteiger partial charge in [-0.2, -0.15) is 0 Å². The lowest BCUT2D eigenvalue weighted by Gasteiger charge is -2.37. The fourth-order valence-electron chi connectivity index (χ4n) is 2.16. The van der Waals surface area contributed by atoms with Crippen molar-refractivity contribution in [2.75, 3.05) is 39.8 Å². The van der Waals surface area contributed by atoms with Crippen LogP contribution in [0.5, 0.6) is 0 Å². The average Bonchev–Trinajstić information content (AvgIpc) is 2.14. The summed E-state index contributed by atoms with van der Waals surface area (Å²) in [6.45, 7) is 6.73. The van der Waals surface area contributed by atoms with Crippen LogP contribution in [0.3, 0.4) is 0 Å². The third-order valence-electron chi connectivity index (χ3n) is 2.91. The summed E-state index contributed by atoms with van der Waals surface area (Å²) in [6.07, 6.45) is 2.58. The van der Waals surface area contributed by atoms with Crippen molar-refractivity contribution in [3.63, 3.8) is 0 Å². The number of aliphatic hydroxyl groups excluding tert-OH is 1. The predicted octanol–water partition coefficient (Wildman–Crippen LogP) is 0.395. The second-order valence-corrected chi connectivity index (χ2v) is 3.91. The Kier molecular flexibility index (Phi) is 4.70. The zero-order valence-electron chi connectivity index (χ0n) is 8.87. The number of nitrogens with zero attached hydrogens (tertiary/aromatic N) is 2. The van der Waals surface area contributed by atoms with Crippen molar-refractivity contribution in [2.45, 2.75) is 25.8 Å². The molecule has 0 aromatic carbocycles. The number of rotatable bonds is 4. The molecule has 1 saturated heterocycles. The molecule has 1 heterocycles. The van der Waals surface area contributed by atoms with Gasteiger partial charge in [-0.05, 0) is 33.0 Å². The molecule has 0 spiro atoms. The molecule has 1 aliphatic rings. The molecule has 0 amide bonds. The minimum absolute atomic E-state index is 0.286. The van der Waals surface area contributed by atoms with Crippen molar-refractivity contribution in [3.8, 4) is 0 Å². The molecule has 3 nitrogen and oxygen atoms in total. The van der Waals surface area contributed by atoms with Crippen LogP contribution in [0.15, 0.2) is 0 Å². The molecule has 0 saturated carbocycles. The van der Waals surface area contributed by atoms with E-state index >= 15 is 0 Å². The van der Waals surface area contributed by atoms with E-state index in [4.69, 9.17) is 5.11 Å². The molecule has 0 radical (unpaired) electrons. The maximum absolute atomic E-state index is 8.91. The van der Waals surface area contributed by atoms with Gasteiger partial charge in [-0.3, -0.25) is 4.90 Å². The molecule has 78 valence electrons. The lowest BCUT2D eigenvalue weighted by Crippen LogP contribution is -2.47. The molecule has 0 unspecified atom stereocenters. The van der Waals surface area contributed by atoms with E-state index in [-0.39, 0.29) is 6.61 Å². The SMILES string of the molecule is CCN(CCO)[C@@H]1CCCN(C)C1. The first-order chi connectivity index (χ1) is 6.27. The Bertz CT molecular complexity index is 141. The van der Waals surface area contributed by atoms with Gasteiger partial charge in [-0.25, -0.2) is 0 Å². The second-order valence-electron chi connectivity index (χ2n) is 3.91. The first kappa shape index (κ1) is 11.0. The number of hydrogen-bond donors (Lipinski definition) is 1. The van der Waals surface area contributed by atoms with E-state index in [0.29, 0.717) is 6.04 Å². The predicted molar refractivity (Wildman–Crippen MR) is 54.9 cm³/mol. The standard InChI is InChI=1S/C10H22N2O/c1-3-12(7-8-13)10-5-4-6-11(2)9-10/h10,13H,3-9H2,1-2H3/t10-/m1/s1. The molecule has 1 rings (SSSR count). The van der Waals surface area contributed by atoms with Crippen molar-refractivity contribution >= 4 is 0 Å². The van der Waals surface area contributed by atoms with Crippen LogP contribution in [0.2, 0.25) is 0 Å². The minimum atomic E-state index is 0.286. The highest BCUT2D eigenvalue weighted by atomic mass is 16.3. The molecule has 1 aliphatic heterocycles. The highest BCUT2D eigenvalue weighted by Crippen LogP contribution is 2.13. The van der Waals surface area contributed by atoms with Gasteiger partial charge in [0.2, 0.25) is 0 Å². The normalized spacial score (nSPS) is 25.4. The fourth-order valence-corrected chi connectivity index (χ4v) is 2.16. The van der Waals surface area contributed by atoms with Crippen LogP contribution in [-0.4, -0.2) is 60.8 Å². The summed E-state index contributed by atoms with van der Waals surface area (Å²) in [7, 11) is 2.18. The second kappa shape index (κ2) is 5.58. The summed E-state index contributed by atoms with van der Waals surface area (Å²) in [5.74, 6) is 0. The van der Waals surface area contributed by atoms with E-state index in [1.165, 1.54) is 19.4 Å². The van der Waals surface area contributed by atoms with Crippen molar-refractivity contribution in [1.82, 2.24) is 9.80 Å². The van der Waals surface area contributed by atoms with Crippen molar-refractivity contribution in [1.29, 1.82) is 0 Å². The number of hydrogen-bond acceptors (Lipinski definition) is 3. The minimum Gasteiger partial charge on any atom is -0.395 e. The molecular formula is C10H22N2O. The van der Waals surface area contributed by atoms with Crippen LogP contribution in [0, 0.1) is 0 Å². The maximum atomic E-state index is 8.91. The summed E-state index contributed by atoms with van der Waals surface area (Å²) < 4.78 is 0. The number of aliphatic hydroxyl groups is 1. The molecule has 0 bridgehead atoms. The first-order valence-electron chi connectivity index (χ1n) is 5.31. The van der Waals surface area contributed by atoms with Gasteiger partial charge < -0.3 is 10.0 Å². The van der Waals surface area contributed by atoms with Gasteiger partial charge in [-0.1, -0.05) is 6.92 Å². The highest BCUT2D eigenvalue weighted by molar-refractivity contribution is 4.78. The van der Waals surface area contributed by atoms with Gasteiger partial charge in [0.1, 0.15) is 0 Å². The molecule has 1 N–H and O–H groups in total. The molecule has 1 fully saturated rings. The van der Waals surface area contributed by atoms with Gasteiger partial charge in [0.15, 0.2) is 0 Å². The van der Waals surface area contributed by atoms with Crippen molar-refractivity contribution in [3.05, 3.63) is 0 Å². The molecule has 1 atom stereocenters. The Morgan fingerprint density at radius 1 is 1.54 bits per heavy atom. The number of likely N-dealkylation sites (N-methyl/N-ethyl adjacent to an activating group) is 2. The van der Waals surface area contributed by atoms with E-state index in [2.05, 4.69) is 23.8 Å². The van der Waals surface area contributed by atoms with Crippen LogP contribution >= 0.6 is 0 Å². The zero-order chi connectivity index (χ0) is 9.68. The molecule has 3 heteroatoms. The van der Waals surface area contributed by atoms with Gasteiger partial charge >= 0.3 is 0 Å². The van der Waals surface area contributed by atoms with Crippen LogP contribution < -0.4 is 0 Å². The summed E-state index contributed by atoms with van der Waals surface area (Å²) in [5.41, 5.74) is 0. The van der Waals surface area contributed by atoms with E-state index in [1.807, 2.05) is 0 Å². The summed E-state index contributed by atoms with van der Waals surface area (Å²) >= 11 is 0. The van der Waals surface area contributed by atoms with Crippen LogP contribution in [0.1, 0.15) is 19.8 Å². The third-order valence-corrected chi connectivity index (χ3v) is 2.91. The van der Waals surface area contributed by atoms with Gasteiger partial charge in [0.05, 0.1) is 6.61 Å². The number of piperidine rings is 1. The van der Waals surface area contributed by atoms with Crippen LogP contribution in [0.4, 0.5) is 0 Å².